The van der Waals surface area contributed by atoms with E-state index in [2.05, 4.69) is 13.8 Å². The minimum atomic E-state index is -0.0423. The molecule has 0 aromatic heterocycles. The summed E-state index contributed by atoms with van der Waals surface area (Å²) in [6, 6.07) is 7.27. The predicted octanol–water partition coefficient (Wildman–Crippen LogP) is 2.28. The molecule has 1 amide bonds. The van der Waals surface area contributed by atoms with Crippen molar-refractivity contribution in [2.75, 3.05) is 12.3 Å². The molecule has 2 N–H and O–H groups in total. The van der Waals surface area contributed by atoms with Crippen LogP contribution in [0.25, 0.3) is 0 Å². The summed E-state index contributed by atoms with van der Waals surface area (Å²) in [4.78, 5) is 14.3. The number of rotatable bonds is 1. The van der Waals surface area contributed by atoms with Gasteiger partial charge in [0.25, 0.3) is 5.91 Å². The quantitative estimate of drug-likeness (QED) is 0.735. The van der Waals surface area contributed by atoms with E-state index in [1.165, 1.54) is 0 Å². The van der Waals surface area contributed by atoms with Gasteiger partial charge in [-0.2, -0.15) is 0 Å². The van der Waals surface area contributed by atoms with Gasteiger partial charge in [0.2, 0.25) is 0 Å². The summed E-state index contributed by atoms with van der Waals surface area (Å²) in [7, 11) is 0. The summed E-state index contributed by atoms with van der Waals surface area (Å²) >= 11 is 0. The molecule has 1 saturated heterocycles. The molecule has 0 aliphatic carbocycles. The van der Waals surface area contributed by atoms with Gasteiger partial charge in [-0.15, -0.1) is 0 Å². The lowest BCUT2D eigenvalue weighted by Gasteiger charge is -2.32. The van der Waals surface area contributed by atoms with Crippen LogP contribution in [0.5, 0.6) is 0 Å². The lowest BCUT2D eigenvalue weighted by atomic mass is 10.0. The summed E-state index contributed by atoms with van der Waals surface area (Å²) in [5, 5.41) is 0. The van der Waals surface area contributed by atoms with E-state index in [1.807, 2.05) is 17.0 Å². The molecule has 1 fully saturated rings. The Labute approximate surface area is 96.2 Å². The van der Waals surface area contributed by atoms with E-state index < -0.39 is 0 Å². The number of nitrogens with zero attached hydrogens (tertiary/aromatic N) is 1. The fourth-order valence-electron chi connectivity index (χ4n) is 2.32. The van der Waals surface area contributed by atoms with Crippen molar-refractivity contribution in [1.82, 2.24) is 4.90 Å². The summed E-state index contributed by atoms with van der Waals surface area (Å²) in [5.41, 5.74) is 6.98. The topological polar surface area (TPSA) is 46.3 Å². The predicted molar refractivity (Wildman–Crippen MR) is 65.2 cm³/mol. The molecule has 1 aliphatic heterocycles. The van der Waals surface area contributed by atoms with E-state index in [4.69, 9.17) is 5.73 Å². The molecule has 0 unspecified atom stereocenters. The zero-order valence-corrected chi connectivity index (χ0v) is 9.86. The van der Waals surface area contributed by atoms with Crippen molar-refractivity contribution in [3.8, 4) is 0 Å². The minimum absolute atomic E-state index is 0.0423. The largest absolute Gasteiger partial charge is 0.398 e. The maximum Gasteiger partial charge on any atom is 0.256 e. The molecule has 0 spiro atoms. The number of nitrogens with two attached hydrogens (primary N) is 1. The van der Waals surface area contributed by atoms with Gasteiger partial charge in [0.15, 0.2) is 0 Å². The highest BCUT2D eigenvalue weighted by Crippen LogP contribution is 2.30. The Morgan fingerprint density at radius 2 is 2.06 bits per heavy atom. The van der Waals surface area contributed by atoms with E-state index in [-0.39, 0.29) is 11.4 Å². The average Bonchev–Trinajstić information content (AvgIpc) is 2.58. The third-order valence-electron chi connectivity index (χ3n) is 3.34. The molecule has 1 aliphatic rings. The van der Waals surface area contributed by atoms with Crippen LogP contribution in [0.4, 0.5) is 5.69 Å². The Morgan fingerprint density at radius 1 is 1.38 bits per heavy atom. The first kappa shape index (κ1) is 11.0. The smallest absolute Gasteiger partial charge is 0.256 e. The molecule has 1 aromatic rings. The molecule has 0 saturated carbocycles. The molecule has 2 rings (SSSR count). The zero-order chi connectivity index (χ0) is 11.8. The molecule has 0 bridgehead atoms. The van der Waals surface area contributed by atoms with Gasteiger partial charge >= 0.3 is 0 Å². The van der Waals surface area contributed by atoms with Crippen LogP contribution in [-0.2, 0) is 0 Å². The summed E-state index contributed by atoms with van der Waals surface area (Å²) in [5.74, 6) is 0.0561. The average molecular weight is 218 g/mol. The molecule has 1 aromatic carbocycles. The van der Waals surface area contributed by atoms with E-state index in [9.17, 15) is 4.79 Å². The van der Waals surface area contributed by atoms with Crippen molar-refractivity contribution in [3.05, 3.63) is 29.8 Å². The Hall–Kier alpha value is -1.51. The lowest BCUT2D eigenvalue weighted by Crippen LogP contribution is -2.42. The van der Waals surface area contributed by atoms with Gasteiger partial charge in [-0.05, 0) is 38.8 Å². The SMILES string of the molecule is CC1(C)CCCN1C(=O)c1ccccc1N. The van der Waals surface area contributed by atoms with Gasteiger partial charge < -0.3 is 10.6 Å². The second kappa shape index (κ2) is 3.81. The minimum Gasteiger partial charge on any atom is -0.398 e. The van der Waals surface area contributed by atoms with Crippen LogP contribution in [0.2, 0.25) is 0 Å². The number of hydrogen-bond donors (Lipinski definition) is 1. The van der Waals surface area contributed by atoms with E-state index >= 15 is 0 Å². The highest BCUT2D eigenvalue weighted by atomic mass is 16.2. The van der Waals surface area contributed by atoms with Crippen LogP contribution >= 0.6 is 0 Å². The Bertz CT molecular complexity index is 412. The summed E-state index contributed by atoms with van der Waals surface area (Å²) in [6.07, 6.45) is 2.14. The molecule has 0 atom stereocenters. The van der Waals surface area contributed by atoms with E-state index in [0.29, 0.717) is 11.3 Å². The van der Waals surface area contributed by atoms with Crippen LogP contribution in [0.15, 0.2) is 24.3 Å². The Kier molecular flexibility index (Phi) is 2.62. The number of benzene rings is 1. The van der Waals surface area contributed by atoms with Crippen LogP contribution in [0.1, 0.15) is 37.0 Å². The Balaban J connectivity index is 2.30. The number of para-hydroxylation sites is 1. The van der Waals surface area contributed by atoms with Gasteiger partial charge in [0.05, 0.1) is 5.56 Å². The van der Waals surface area contributed by atoms with Gasteiger partial charge in [0, 0.05) is 17.8 Å². The van der Waals surface area contributed by atoms with Crippen molar-refractivity contribution in [2.45, 2.75) is 32.2 Å². The number of carbonyl (C=O) groups excluding carboxylic acids is 1. The molecule has 1 heterocycles. The van der Waals surface area contributed by atoms with Crippen LogP contribution in [0.3, 0.4) is 0 Å². The van der Waals surface area contributed by atoms with E-state index in [0.717, 1.165) is 19.4 Å². The second-order valence-corrected chi connectivity index (χ2v) is 4.96. The molecule has 0 radical (unpaired) electrons. The van der Waals surface area contributed by atoms with Crippen LogP contribution in [0, 0.1) is 0 Å². The van der Waals surface area contributed by atoms with Crippen molar-refractivity contribution >= 4 is 11.6 Å². The fraction of sp³-hybridized carbons (Fsp3) is 0.462. The number of anilines is 1. The number of amides is 1. The first-order chi connectivity index (χ1) is 7.52. The van der Waals surface area contributed by atoms with Crippen molar-refractivity contribution in [2.24, 2.45) is 0 Å². The normalized spacial score (nSPS) is 18.8. The highest BCUT2D eigenvalue weighted by molar-refractivity contribution is 5.99. The number of hydrogen-bond acceptors (Lipinski definition) is 2. The highest BCUT2D eigenvalue weighted by Gasteiger charge is 2.36. The van der Waals surface area contributed by atoms with E-state index in [1.54, 1.807) is 12.1 Å². The van der Waals surface area contributed by atoms with Gasteiger partial charge in [-0.3, -0.25) is 4.79 Å². The molecule has 86 valence electrons. The van der Waals surface area contributed by atoms with Gasteiger partial charge in [-0.25, -0.2) is 0 Å². The maximum atomic E-state index is 12.3. The number of nitrogen functional groups attached to an aromatic ring is 1. The van der Waals surface area contributed by atoms with Crippen molar-refractivity contribution in [3.63, 3.8) is 0 Å². The van der Waals surface area contributed by atoms with Gasteiger partial charge in [-0.1, -0.05) is 12.1 Å². The standard InChI is InChI=1S/C13H18N2O/c1-13(2)8-5-9-15(13)12(16)10-6-3-4-7-11(10)14/h3-4,6-7H,5,8-9,14H2,1-2H3. The second-order valence-electron chi connectivity index (χ2n) is 4.96. The third-order valence-corrected chi connectivity index (χ3v) is 3.34. The molecule has 16 heavy (non-hydrogen) atoms. The molecular formula is C13H18N2O. The maximum absolute atomic E-state index is 12.3. The molecule has 3 nitrogen and oxygen atoms in total. The molecule has 3 heteroatoms. The molecular weight excluding hydrogens is 200 g/mol. The third kappa shape index (κ3) is 1.77. The number of likely N-dealkylation sites (tertiary alicyclic amines) is 1. The summed E-state index contributed by atoms with van der Waals surface area (Å²) < 4.78 is 0. The first-order valence-corrected chi connectivity index (χ1v) is 5.69. The van der Waals surface area contributed by atoms with Gasteiger partial charge in [0.1, 0.15) is 0 Å². The van der Waals surface area contributed by atoms with Crippen molar-refractivity contribution in [1.29, 1.82) is 0 Å². The number of carbonyl (C=O) groups is 1. The van der Waals surface area contributed by atoms with Crippen LogP contribution < -0.4 is 5.73 Å². The lowest BCUT2D eigenvalue weighted by molar-refractivity contribution is 0.0653. The monoisotopic (exact) mass is 218 g/mol. The first-order valence-electron chi connectivity index (χ1n) is 5.69. The van der Waals surface area contributed by atoms with Crippen LogP contribution in [-0.4, -0.2) is 22.9 Å². The Morgan fingerprint density at radius 3 is 2.62 bits per heavy atom. The van der Waals surface area contributed by atoms with Crippen molar-refractivity contribution < 1.29 is 4.79 Å². The zero-order valence-electron chi connectivity index (χ0n) is 9.86. The summed E-state index contributed by atoms with van der Waals surface area (Å²) in [6.45, 7) is 5.05. The fourth-order valence-corrected chi connectivity index (χ4v) is 2.32.